The third-order valence-electron chi connectivity index (χ3n) is 5.93. The van der Waals surface area contributed by atoms with Crippen LogP contribution in [0.4, 0.5) is 4.79 Å². The van der Waals surface area contributed by atoms with Crippen molar-refractivity contribution in [2.24, 2.45) is 5.92 Å². The fourth-order valence-electron chi connectivity index (χ4n) is 4.10. The Morgan fingerprint density at radius 3 is 2.10 bits per heavy atom. The molecule has 0 fully saturated rings. The fourth-order valence-corrected chi connectivity index (χ4v) is 4.10. The minimum absolute atomic E-state index is 0.175. The molecule has 0 heterocycles. The minimum atomic E-state index is -0.500. The summed E-state index contributed by atoms with van der Waals surface area (Å²) in [5, 5.41) is 14.1. The van der Waals surface area contributed by atoms with Crippen LogP contribution in [0.5, 0.6) is 5.75 Å². The van der Waals surface area contributed by atoms with Gasteiger partial charge >= 0.3 is 12.0 Å². The molecule has 0 aliphatic heterocycles. The van der Waals surface area contributed by atoms with Crippen molar-refractivity contribution in [1.82, 2.24) is 10.6 Å². The number of esters is 1. The molecule has 9 heteroatoms. The Hall–Kier alpha value is -3.59. The molecule has 2 aromatic carbocycles. The molecule has 2 rings (SSSR count). The van der Waals surface area contributed by atoms with Crippen LogP contribution in [0.3, 0.4) is 0 Å². The summed E-state index contributed by atoms with van der Waals surface area (Å²) in [5.74, 6) is 0.916. The first-order valence-corrected chi connectivity index (χ1v) is 14.4. The molecule has 0 saturated carbocycles. The highest BCUT2D eigenvalue weighted by Crippen LogP contribution is 2.22. The second kappa shape index (κ2) is 20.3. The first-order chi connectivity index (χ1) is 19.5. The van der Waals surface area contributed by atoms with Gasteiger partial charge in [-0.15, -0.1) is 0 Å². The lowest BCUT2D eigenvalue weighted by atomic mass is 10.1. The van der Waals surface area contributed by atoms with Crippen molar-refractivity contribution >= 4 is 18.5 Å². The highest BCUT2D eigenvalue weighted by atomic mass is 16.5. The number of unbranched alkanes of at least 4 members (excludes halogenated alkanes) is 4. The van der Waals surface area contributed by atoms with E-state index in [1.807, 2.05) is 65.3 Å². The van der Waals surface area contributed by atoms with Crippen LogP contribution in [0.2, 0.25) is 0 Å². The number of hydrogen-bond donors (Lipinski definition) is 2. The van der Waals surface area contributed by atoms with Gasteiger partial charge in [-0.1, -0.05) is 75.6 Å². The molecule has 0 aliphatic rings. The van der Waals surface area contributed by atoms with Gasteiger partial charge in [0, 0.05) is 13.0 Å². The number of carbonyl (C=O) groups excluding carboxylic acids is 3. The number of ether oxygens (including phenoxy) is 2. The van der Waals surface area contributed by atoms with Crippen molar-refractivity contribution < 1.29 is 33.4 Å². The molecule has 0 unspecified atom stereocenters. The van der Waals surface area contributed by atoms with E-state index in [1.165, 1.54) is 11.1 Å². The predicted molar refractivity (Wildman–Crippen MR) is 160 cm³/mol. The summed E-state index contributed by atoms with van der Waals surface area (Å²) in [7, 11) is 6.12. The van der Waals surface area contributed by atoms with Crippen molar-refractivity contribution in [2.75, 3.05) is 47.4 Å². The summed E-state index contributed by atoms with van der Waals surface area (Å²) in [6.07, 6.45) is 5.36. The average Bonchev–Trinajstić information content (AvgIpc) is 2.91. The molecule has 2 aromatic rings. The molecule has 228 valence electrons. The number of carboxylic acid groups (broad SMARTS) is 1. The molecule has 2 amide bonds. The maximum absolute atomic E-state index is 12.4. The molecule has 0 aliphatic carbocycles. The van der Waals surface area contributed by atoms with E-state index in [2.05, 4.69) is 34.9 Å². The van der Waals surface area contributed by atoms with Crippen LogP contribution in [0.1, 0.15) is 52.4 Å². The molecular formula is C32H49N3O6. The van der Waals surface area contributed by atoms with Crippen molar-refractivity contribution in [3.8, 4) is 16.9 Å². The van der Waals surface area contributed by atoms with Crippen LogP contribution < -0.4 is 20.5 Å². The highest BCUT2D eigenvalue weighted by molar-refractivity contribution is 5.76. The Morgan fingerprint density at radius 1 is 0.902 bits per heavy atom. The summed E-state index contributed by atoms with van der Waals surface area (Å²) in [6, 6.07) is 18.1. The van der Waals surface area contributed by atoms with E-state index in [-0.39, 0.29) is 30.4 Å². The van der Waals surface area contributed by atoms with E-state index in [4.69, 9.17) is 19.4 Å². The lowest BCUT2D eigenvalue weighted by Gasteiger charge is -2.29. The van der Waals surface area contributed by atoms with Gasteiger partial charge in [-0.2, -0.15) is 0 Å². The molecule has 0 aromatic heterocycles. The van der Waals surface area contributed by atoms with Gasteiger partial charge in [0.15, 0.2) is 0 Å². The predicted octanol–water partition coefficient (Wildman–Crippen LogP) is 4.01. The lowest BCUT2D eigenvalue weighted by molar-refractivity contribution is -0.871. The second-order valence-corrected chi connectivity index (χ2v) is 11.5. The number of quaternary nitrogens is 1. The summed E-state index contributed by atoms with van der Waals surface area (Å²) in [6.45, 7) is 5.87. The molecule has 0 spiro atoms. The average molecular weight is 572 g/mol. The number of hydrogen-bond acceptors (Lipinski definition) is 6. The molecule has 0 radical (unpaired) electrons. The molecule has 0 bridgehead atoms. The molecule has 41 heavy (non-hydrogen) atoms. The zero-order chi connectivity index (χ0) is 30.5. The standard InChI is InChI=1S/C31H47N3O4.CH2O2/c1-25(2)24-38-30(35)22-28(23-34(3,4)5)33-31(36)32-20-12-7-6-8-13-21-37-29-18-16-27(17-19-29)26-14-10-9-11-15-26;2-1-3/h9-11,14-19,25,28H,6-8,12-13,20-24H2,1-5H3,(H-,32,33,36);1H,(H,2,3)/t28-;/m1./s1. The third-order valence-corrected chi connectivity index (χ3v) is 5.93. The van der Waals surface area contributed by atoms with E-state index in [9.17, 15) is 9.59 Å². The summed E-state index contributed by atoms with van der Waals surface area (Å²) >= 11 is 0. The third kappa shape index (κ3) is 18.4. The number of nitrogens with zero attached hydrogens (tertiary/aromatic N) is 1. The molecule has 1 atom stereocenters. The van der Waals surface area contributed by atoms with Crippen molar-refractivity contribution in [1.29, 1.82) is 0 Å². The normalized spacial score (nSPS) is 11.6. The van der Waals surface area contributed by atoms with E-state index in [1.54, 1.807) is 0 Å². The van der Waals surface area contributed by atoms with E-state index in [0.717, 1.165) is 37.9 Å². The number of benzene rings is 2. The molecule has 2 N–H and O–H groups in total. The van der Waals surface area contributed by atoms with Crippen LogP contribution in [-0.4, -0.2) is 76.4 Å². The quantitative estimate of drug-likeness (QED) is 0.128. The van der Waals surface area contributed by atoms with Crippen LogP contribution in [-0.2, 0) is 14.3 Å². The van der Waals surface area contributed by atoms with E-state index < -0.39 is 6.47 Å². The van der Waals surface area contributed by atoms with Crippen LogP contribution in [0, 0.1) is 5.92 Å². The summed E-state index contributed by atoms with van der Waals surface area (Å²) in [5.41, 5.74) is 2.39. The number of carbonyl (C=O) groups is 3. The Labute approximate surface area is 245 Å². The van der Waals surface area contributed by atoms with Gasteiger partial charge in [-0.3, -0.25) is 4.79 Å². The fraction of sp³-hybridized carbons (Fsp3) is 0.531. The number of rotatable bonds is 17. The largest absolute Gasteiger partial charge is 0.554 e. The zero-order valence-corrected chi connectivity index (χ0v) is 25.4. The number of urea groups is 1. The smallest absolute Gasteiger partial charge is 0.315 e. The second-order valence-electron chi connectivity index (χ2n) is 11.5. The topological polar surface area (TPSA) is 117 Å². The molecule has 9 nitrogen and oxygen atoms in total. The summed E-state index contributed by atoms with van der Waals surface area (Å²) < 4.78 is 11.8. The van der Waals surface area contributed by atoms with Crippen molar-refractivity contribution in [3.63, 3.8) is 0 Å². The van der Waals surface area contributed by atoms with Crippen molar-refractivity contribution in [2.45, 2.75) is 58.4 Å². The molecule has 0 saturated heterocycles. The SMILES string of the molecule is CC(C)COC(=O)C[C@H](C[N+](C)(C)C)NC(=O)NCCCCCCCOc1ccc(-c2ccccc2)cc1.O=C[O-]. The lowest BCUT2D eigenvalue weighted by Crippen LogP contribution is -2.52. The van der Waals surface area contributed by atoms with E-state index >= 15 is 0 Å². The highest BCUT2D eigenvalue weighted by Gasteiger charge is 2.23. The number of amides is 2. The Bertz CT molecular complexity index is 991. The van der Waals surface area contributed by atoms with Gasteiger partial charge in [0.1, 0.15) is 5.75 Å². The van der Waals surface area contributed by atoms with Crippen LogP contribution in [0.25, 0.3) is 11.1 Å². The van der Waals surface area contributed by atoms with Crippen LogP contribution in [0.15, 0.2) is 54.6 Å². The van der Waals surface area contributed by atoms with Gasteiger partial charge in [0.05, 0.1) is 53.4 Å². The number of likely N-dealkylation sites (N-methyl/N-ethyl adjacent to an activating group) is 1. The Morgan fingerprint density at radius 2 is 1.49 bits per heavy atom. The van der Waals surface area contributed by atoms with Gasteiger partial charge in [0.2, 0.25) is 0 Å². The monoisotopic (exact) mass is 571 g/mol. The maximum atomic E-state index is 12.4. The Balaban J connectivity index is 0.00000268. The summed E-state index contributed by atoms with van der Waals surface area (Å²) in [4.78, 5) is 32.8. The van der Waals surface area contributed by atoms with Gasteiger partial charge in [0.25, 0.3) is 0 Å². The first-order valence-electron chi connectivity index (χ1n) is 14.4. The van der Waals surface area contributed by atoms with Crippen LogP contribution >= 0.6 is 0 Å². The van der Waals surface area contributed by atoms with E-state index in [0.29, 0.717) is 30.8 Å². The van der Waals surface area contributed by atoms with Crippen molar-refractivity contribution in [3.05, 3.63) is 54.6 Å². The van der Waals surface area contributed by atoms with Gasteiger partial charge in [-0.05, 0) is 42.0 Å². The van der Waals surface area contributed by atoms with Gasteiger partial charge in [-0.25, -0.2) is 4.79 Å². The van der Waals surface area contributed by atoms with Gasteiger partial charge < -0.3 is 34.5 Å². The first kappa shape index (κ1) is 35.4. The minimum Gasteiger partial charge on any atom is -0.554 e. The maximum Gasteiger partial charge on any atom is 0.315 e. The zero-order valence-electron chi connectivity index (χ0n) is 25.4. The molecular weight excluding hydrogens is 522 g/mol. The Kier molecular flexibility index (Phi) is 17.6. The number of nitrogens with one attached hydrogen (secondary N) is 2.